The van der Waals surface area contributed by atoms with Gasteiger partial charge in [-0.3, -0.25) is 29.6 Å². The van der Waals surface area contributed by atoms with Crippen molar-refractivity contribution in [3.05, 3.63) is 69.4 Å². The van der Waals surface area contributed by atoms with Crippen LogP contribution in [0, 0.1) is 0 Å². The van der Waals surface area contributed by atoms with Crippen molar-refractivity contribution >= 4 is 98.2 Å². The predicted octanol–water partition coefficient (Wildman–Crippen LogP) is 3.22. The molecule has 23 nitrogen and oxygen atoms in total. The highest BCUT2D eigenvalue weighted by Crippen LogP contribution is 2.37. The molecule has 2 aromatic heterocycles. The fourth-order valence-electron chi connectivity index (χ4n) is 5.40. The first-order chi connectivity index (χ1) is 30.0. The van der Waals surface area contributed by atoms with Crippen LogP contribution in [-0.4, -0.2) is 116 Å². The Morgan fingerprint density at radius 1 is 0.953 bits per heavy atom. The van der Waals surface area contributed by atoms with Gasteiger partial charge in [-0.05, 0) is 74.6 Å². The Balaban J connectivity index is 0.000000282. The number of carboxylic acids is 1. The van der Waals surface area contributed by atoms with Crippen LogP contribution in [0.15, 0.2) is 68.7 Å². The maximum absolute atomic E-state index is 12.7. The van der Waals surface area contributed by atoms with Crippen LogP contribution in [0.2, 0.25) is 5.02 Å². The average molecular weight is 995 g/mol. The number of pyridine rings is 1. The number of urea groups is 1. The third kappa shape index (κ3) is 15.0. The molecular weight excluding hydrogens is 952 g/mol. The number of imide groups is 1. The van der Waals surface area contributed by atoms with Crippen molar-refractivity contribution in [3.8, 4) is 11.8 Å². The minimum atomic E-state index is -4.61. The highest BCUT2D eigenvalue weighted by molar-refractivity contribution is 7.93. The van der Waals surface area contributed by atoms with E-state index in [1.807, 2.05) is 0 Å². The van der Waals surface area contributed by atoms with Gasteiger partial charge in [-0.25, -0.2) is 32.6 Å². The molecule has 348 valence electrons. The molecule has 1 aromatic carbocycles. The fourth-order valence-corrected chi connectivity index (χ4v) is 8.69. The molecule has 0 spiro atoms. The van der Waals surface area contributed by atoms with Gasteiger partial charge < -0.3 is 29.1 Å². The summed E-state index contributed by atoms with van der Waals surface area (Å²) in [5.41, 5.74) is 2.04. The quantitative estimate of drug-likeness (QED) is 0.0551. The van der Waals surface area contributed by atoms with E-state index in [1.165, 1.54) is 44.3 Å². The highest BCUT2D eigenvalue weighted by Gasteiger charge is 2.40. The van der Waals surface area contributed by atoms with E-state index in [-0.39, 0.29) is 46.9 Å². The van der Waals surface area contributed by atoms with E-state index in [0.29, 0.717) is 40.3 Å². The predicted molar refractivity (Wildman–Crippen MR) is 229 cm³/mol. The average Bonchev–Trinajstić information content (AvgIpc) is 3.49. The first kappa shape index (κ1) is 52.8. The number of anilines is 2. The zero-order valence-electron chi connectivity index (χ0n) is 34.2. The molecule has 3 heterocycles. The smallest absolute Gasteiger partial charge is 0.349 e. The van der Waals surface area contributed by atoms with Crippen LogP contribution >= 0.6 is 30.8 Å². The number of methoxy groups -OCH3 is 2. The van der Waals surface area contributed by atoms with Crippen molar-refractivity contribution in [1.29, 1.82) is 0 Å². The summed E-state index contributed by atoms with van der Waals surface area (Å²) in [6, 6.07) is 7.21. The zero-order chi connectivity index (χ0) is 48.0. The first-order valence-electron chi connectivity index (χ1n) is 18.4. The van der Waals surface area contributed by atoms with Gasteiger partial charge in [-0.15, -0.1) is 0 Å². The van der Waals surface area contributed by atoms with Crippen molar-refractivity contribution in [3.63, 3.8) is 0 Å². The number of amides is 4. The number of nitrogens with one attached hydrogen (secondary N) is 3. The van der Waals surface area contributed by atoms with Crippen molar-refractivity contribution < 1.29 is 74.5 Å². The van der Waals surface area contributed by atoms with Crippen molar-refractivity contribution in [2.75, 3.05) is 49.6 Å². The molecule has 0 atom stereocenters. The highest BCUT2D eigenvalue weighted by atomic mass is 35.5. The van der Waals surface area contributed by atoms with Crippen LogP contribution < -0.4 is 29.7 Å². The number of sulfonamides is 1. The van der Waals surface area contributed by atoms with E-state index < -0.39 is 68.2 Å². The fraction of sp³-hybridized carbons (Fsp3) is 0.333. The molecule has 64 heavy (non-hydrogen) atoms. The van der Waals surface area contributed by atoms with Crippen LogP contribution in [0.25, 0.3) is 6.08 Å². The number of nitrogens with zero attached hydrogens (tertiary/aromatic N) is 4. The van der Waals surface area contributed by atoms with Gasteiger partial charge in [0.1, 0.15) is 9.93 Å². The number of sulfone groups is 1. The summed E-state index contributed by atoms with van der Waals surface area (Å²) >= 11 is 12.1. The van der Waals surface area contributed by atoms with Crippen LogP contribution in [0.5, 0.6) is 11.8 Å². The van der Waals surface area contributed by atoms with Crippen molar-refractivity contribution in [1.82, 2.24) is 25.0 Å². The number of carbonyl (C=O) groups excluding carboxylic acids is 4. The summed E-state index contributed by atoms with van der Waals surface area (Å²) in [6.07, 6.45) is 4.95. The molecule has 0 unspecified atom stereocenters. The van der Waals surface area contributed by atoms with Gasteiger partial charge in [0, 0.05) is 22.4 Å². The Labute approximate surface area is 376 Å². The number of ether oxygens (including phenoxy) is 3. The number of benzene rings is 1. The van der Waals surface area contributed by atoms with E-state index >= 15 is 0 Å². The minimum absolute atomic E-state index is 0.0612. The maximum atomic E-state index is 12.7. The number of carboxylic acid groups (broad SMARTS) is 1. The number of hydrogen-bond donors (Lipinski definition) is 6. The number of esters is 1. The third-order valence-corrected chi connectivity index (χ3v) is 12.7. The Morgan fingerprint density at radius 2 is 1.55 bits per heavy atom. The summed E-state index contributed by atoms with van der Waals surface area (Å²) in [7, 11) is -9.94. The lowest BCUT2D eigenvalue weighted by Gasteiger charge is -2.16. The number of aliphatic carboxylic acids is 1. The second-order valence-corrected chi connectivity index (χ2v) is 19.0. The standard InChI is InChI=1S/C19H17Cl2NO4.C14H17N5O7S2.C3H8NO5P/c1-2-26-19(25)16(21)10-11-9-12(7-8-15(11)20)22-17(23)13-5-3-4-6-14(13)18(22)24;1-4-27(21,22)9-6-5-7-15-12(9)28(23,24)19-14(20)18-13-16-10(25-2)8-11(17-13)26-3;5-3(6)1-4-2-10(7,8)9/h7-10H,2-6H2,1H3;5-8H,4H2,1-3H3,(H2,16,17,18,19,20);4H,1-2H2,(H,5,6)(H2,7,8,9)/b16-10-;;. The van der Waals surface area contributed by atoms with Gasteiger partial charge in [0.15, 0.2) is 14.9 Å². The summed E-state index contributed by atoms with van der Waals surface area (Å²) < 4.78 is 75.5. The SMILES string of the molecule is CCOC(=O)/C(Cl)=C/c1cc(N2C(=O)C3=C(CCCC3)C2=O)ccc1Cl.CCS(=O)(=O)c1cccnc1S(=O)(=O)NC(=O)Nc1nc(OC)cc(OC)n1.O=C(O)CNCP(=O)(O)O. The summed E-state index contributed by atoms with van der Waals surface area (Å²) in [5.74, 6) is -2.89. The monoisotopic (exact) mass is 993 g/mol. The molecule has 0 saturated heterocycles. The molecule has 1 aliphatic carbocycles. The van der Waals surface area contributed by atoms with E-state index in [1.54, 1.807) is 29.8 Å². The largest absolute Gasteiger partial charge is 0.481 e. The molecule has 2 aliphatic rings. The van der Waals surface area contributed by atoms with Crippen LogP contribution in [0.3, 0.4) is 0 Å². The van der Waals surface area contributed by atoms with Gasteiger partial charge in [0.25, 0.3) is 21.8 Å². The van der Waals surface area contributed by atoms with Gasteiger partial charge >= 0.3 is 25.6 Å². The Kier molecular flexibility index (Phi) is 19.3. The van der Waals surface area contributed by atoms with Crippen LogP contribution in [0.4, 0.5) is 16.4 Å². The summed E-state index contributed by atoms with van der Waals surface area (Å²) in [6.45, 7) is 2.79. The van der Waals surface area contributed by atoms with Gasteiger partial charge in [-0.2, -0.15) is 18.4 Å². The van der Waals surface area contributed by atoms with E-state index in [9.17, 15) is 45.4 Å². The second kappa shape index (κ2) is 23.4. The maximum Gasteiger partial charge on any atom is 0.349 e. The lowest BCUT2D eigenvalue weighted by atomic mass is 9.93. The number of aromatic nitrogens is 3. The topological polar surface area (TPSA) is 337 Å². The molecule has 28 heteroatoms. The molecule has 0 radical (unpaired) electrons. The lowest BCUT2D eigenvalue weighted by molar-refractivity contribution is -0.138. The Hall–Kier alpha value is -5.53. The number of rotatable bonds is 15. The lowest BCUT2D eigenvalue weighted by Crippen LogP contribution is -2.36. The van der Waals surface area contributed by atoms with Gasteiger partial charge in [-0.1, -0.05) is 30.1 Å². The van der Waals surface area contributed by atoms with Crippen molar-refractivity contribution in [2.45, 2.75) is 49.5 Å². The van der Waals surface area contributed by atoms with Gasteiger partial charge in [0.05, 0.1) is 51.2 Å². The number of hydrogen-bond acceptors (Lipinski definition) is 17. The van der Waals surface area contributed by atoms with E-state index in [0.717, 1.165) is 25.1 Å². The third-order valence-electron chi connectivity index (χ3n) is 8.23. The van der Waals surface area contributed by atoms with Gasteiger partial charge in [0.2, 0.25) is 17.7 Å². The summed E-state index contributed by atoms with van der Waals surface area (Å²) in [4.78, 5) is 87.1. The summed E-state index contributed by atoms with van der Waals surface area (Å²) in [5, 5.41) is 11.6. The van der Waals surface area contributed by atoms with E-state index in [4.69, 9.17) is 52.3 Å². The Morgan fingerprint density at radius 3 is 2.06 bits per heavy atom. The molecule has 3 aromatic rings. The first-order valence-corrected chi connectivity index (χ1v) is 24.1. The number of halogens is 2. The molecule has 0 fully saturated rings. The van der Waals surface area contributed by atoms with E-state index in [2.05, 4.69) is 25.6 Å². The molecule has 0 bridgehead atoms. The Bertz CT molecular complexity index is 2560. The zero-order valence-corrected chi connectivity index (χ0v) is 38.3. The molecule has 5 rings (SSSR count). The minimum Gasteiger partial charge on any atom is -0.481 e. The van der Waals surface area contributed by atoms with Crippen LogP contribution in [-0.2, 0) is 48.3 Å². The number of carbonyl (C=O) groups is 5. The molecule has 4 amide bonds. The van der Waals surface area contributed by atoms with Crippen molar-refractivity contribution in [2.24, 2.45) is 0 Å². The molecular formula is C36H42Cl2N7O16PS2. The normalized spacial score (nSPS) is 14.0. The second-order valence-electron chi connectivity index (χ2n) is 12.7. The molecule has 1 aliphatic heterocycles. The van der Waals surface area contributed by atoms with Crippen LogP contribution in [0.1, 0.15) is 45.1 Å². The molecule has 0 saturated carbocycles. The molecule has 6 N–H and O–H groups in total.